The van der Waals surface area contributed by atoms with Crippen molar-refractivity contribution in [2.75, 3.05) is 27.3 Å². The highest BCUT2D eigenvalue weighted by atomic mass is 35.5. The zero-order chi connectivity index (χ0) is 41.8. The van der Waals surface area contributed by atoms with Crippen molar-refractivity contribution in [1.29, 1.82) is 0 Å². The van der Waals surface area contributed by atoms with Gasteiger partial charge in [0.2, 0.25) is 23.6 Å². The van der Waals surface area contributed by atoms with Crippen molar-refractivity contribution in [3.05, 3.63) is 70.2 Å². The number of methoxy groups -OCH3 is 2. The Morgan fingerprint density at radius 3 is 1.41 bits per heavy atom. The van der Waals surface area contributed by atoms with E-state index < -0.39 is 60.9 Å². The summed E-state index contributed by atoms with van der Waals surface area (Å²) >= 11 is 14.0. The lowest BCUT2D eigenvalue weighted by Gasteiger charge is -2.16. The van der Waals surface area contributed by atoms with Crippen LogP contribution in [0.5, 0.6) is 11.8 Å². The van der Waals surface area contributed by atoms with Gasteiger partial charge in [-0.05, 0) is 12.8 Å². The Morgan fingerprint density at radius 1 is 0.672 bits per heavy atom. The molecule has 2 amide bonds. The van der Waals surface area contributed by atoms with E-state index in [4.69, 9.17) is 32.7 Å². The lowest BCUT2D eigenvalue weighted by Crippen LogP contribution is -2.35. The number of nitrogens with one attached hydrogen (secondary N) is 4. The van der Waals surface area contributed by atoms with Gasteiger partial charge in [-0.3, -0.25) is 19.6 Å². The summed E-state index contributed by atoms with van der Waals surface area (Å²) < 4.78 is 87.9. The van der Waals surface area contributed by atoms with Crippen molar-refractivity contribution in [1.82, 2.24) is 41.2 Å². The van der Waals surface area contributed by atoms with Crippen molar-refractivity contribution in [2.45, 2.75) is 63.2 Å². The quantitative estimate of drug-likeness (QED) is 0.0954. The van der Waals surface area contributed by atoms with Crippen LogP contribution in [0.4, 0.5) is 26.3 Å². The second kappa shape index (κ2) is 18.0. The lowest BCUT2D eigenvalue weighted by atomic mass is 9.98. The summed E-state index contributed by atoms with van der Waals surface area (Å²) in [6, 6.07) is 9.74. The Hall–Kier alpha value is -4.78. The van der Waals surface area contributed by atoms with Gasteiger partial charge in [-0.2, -0.15) is 26.3 Å². The van der Waals surface area contributed by atoms with E-state index in [2.05, 4.69) is 41.2 Å². The third-order valence-corrected chi connectivity index (χ3v) is 10.6. The fourth-order valence-corrected chi connectivity index (χ4v) is 7.71. The maximum atomic E-state index is 12.8. The first-order chi connectivity index (χ1) is 27.5. The van der Waals surface area contributed by atoms with Gasteiger partial charge in [0.15, 0.2) is 0 Å². The topological polar surface area (TPSA) is 152 Å². The Balaban J connectivity index is 1.13. The van der Waals surface area contributed by atoms with Crippen LogP contribution in [0.2, 0.25) is 10.0 Å². The molecule has 2 aliphatic heterocycles. The van der Waals surface area contributed by atoms with E-state index in [-0.39, 0.29) is 50.8 Å². The molecule has 0 saturated carbocycles. The van der Waals surface area contributed by atoms with Crippen molar-refractivity contribution >= 4 is 35.0 Å². The van der Waals surface area contributed by atoms with Crippen LogP contribution in [0.15, 0.2) is 48.8 Å². The number of halogens is 8. The molecule has 2 aromatic carbocycles. The first kappa shape index (κ1) is 42.8. The summed E-state index contributed by atoms with van der Waals surface area (Å²) in [6.45, 7) is 0.788. The molecular formula is C38H38Cl2F6N8O4. The molecule has 2 aliphatic rings. The van der Waals surface area contributed by atoms with Gasteiger partial charge < -0.3 is 30.7 Å². The van der Waals surface area contributed by atoms with Crippen LogP contribution >= 0.6 is 23.2 Å². The van der Waals surface area contributed by atoms with Crippen molar-refractivity contribution in [2.24, 2.45) is 11.8 Å². The number of amides is 2. The van der Waals surface area contributed by atoms with Gasteiger partial charge in [-0.25, -0.2) is 9.97 Å². The Bertz CT molecular complexity index is 1990. The molecule has 2 fully saturated rings. The number of aromatic nitrogens is 4. The lowest BCUT2D eigenvalue weighted by molar-refractivity contribution is -0.151. The second-order valence-corrected chi connectivity index (χ2v) is 14.7. The Labute approximate surface area is 338 Å². The molecule has 58 heavy (non-hydrogen) atoms. The highest BCUT2D eigenvalue weighted by Crippen LogP contribution is 2.42. The molecule has 20 heteroatoms. The van der Waals surface area contributed by atoms with Crippen molar-refractivity contribution < 1.29 is 45.4 Å². The number of benzene rings is 2. The van der Waals surface area contributed by atoms with Crippen LogP contribution < -0.4 is 30.7 Å². The average molecular weight is 856 g/mol. The van der Waals surface area contributed by atoms with Crippen LogP contribution in [-0.4, -0.2) is 83.5 Å². The van der Waals surface area contributed by atoms with E-state index in [9.17, 15) is 35.9 Å². The first-order valence-electron chi connectivity index (χ1n) is 18.1. The Kier molecular flexibility index (Phi) is 13.3. The van der Waals surface area contributed by atoms with Gasteiger partial charge in [-0.15, -0.1) is 0 Å². The normalized spacial score (nSPS) is 19.6. The van der Waals surface area contributed by atoms with Crippen LogP contribution in [-0.2, 0) is 22.7 Å². The molecule has 4 heterocycles. The molecular weight excluding hydrogens is 817 g/mol. The summed E-state index contributed by atoms with van der Waals surface area (Å²) in [5.41, 5.74) is 3.88. The zero-order valence-electron chi connectivity index (χ0n) is 31.0. The number of rotatable bonds is 15. The van der Waals surface area contributed by atoms with Gasteiger partial charge in [0, 0.05) is 72.4 Å². The van der Waals surface area contributed by atoms with Gasteiger partial charge in [0.1, 0.15) is 11.4 Å². The van der Waals surface area contributed by atoms with E-state index in [1.54, 1.807) is 36.4 Å². The summed E-state index contributed by atoms with van der Waals surface area (Å²) in [6.07, 6.45) is -8.00. The minimum atomic E-state index is -4.42. The van der Waals surface area contributed by atoms with Gasteiger partial charge >= 0.3 is 12.4 Å². The predicted molar refractivity (Wildman–Crippen MR) is 202 cm³/mol. The Morgan fingerprint density at radius 2 is 1.05 bits per heavy atom. The molecule has 310 valence electrons. The first-order valence-corrected chi connectivity index (χ1v) is 18.8. The molecule has 4 N–H and O–H groups in total. The summed E-state index contributed by atoms with van der Waals surface area (Å²) in [7, 11) is 2.86. The number of hydrogen-bond acceptors (Lipinski definition) is 10. The van der Waals surface area contributed by atoms with E-state index in [1.807, 2.05) is 0 Å². The minimum absolute atomic E-state index is 0.0636. The largest absolute Gasteiger partial charge is 0.480 e. The summed E-state index contributed by atoms with van der Waals surface area (Å²) in [4.78, 5) is 42.3. The number of carbonyl (C=O) groups excluding carboxylic acids is 2. The SMILES string of the molecule is COc1nc(-c2cccc(-c3cccc(-c4cnc(CNC[C@@H]5C[C@@H](CC(F)(F)F)C(=O)N5)c(OC)n4)c3Cl)c2Cl)cnc1CNC[C@@H]1C[C@@H](CC(F)(F)F)C(=O)N1. The molecule has 4 aromatic rings. The van der Waals surface area contributed by atoms with Crippen LogP contribution in [0.1, 0.15) is 37.1 Å². The fourth-order valence-electron chi connectivity index (χ4n) is 7.06. The van der Waals surface area contributed by atoms with Crippen LogP contribution in [0.3, 0.4) is 0 Å². The molecule has 0 aliphatic carbocycles. The highest BCUT2D eigenvalue weighted by Gasteiger charge is 2.41. The van der Waals surface area contributed by atoms with E-state index in [0.717, 1.165) is 0 Å². The summed E-state index contributed by atoms with van der Waals surface area (Å²) in [5.74, 6) is -3.07. The third kappa shape index (κ3) is 10.4. The van der Waals surface area contributed by atoms with E-state index >= 15 is 0 Å². The zero-order valence-corrected chi connectivity index (χ0v) is 32.5. The van der Waals surface area contributed by atoms with Crippen LogP contribution in [0, 0.1) is 11.8 Å². The maximum Gasteiger partial charge on any atom is 0.389 e. The maximum absolute atomic E-state index is 12.8. The molecule has 0 radical (unpaired) electrons. The molecule has 2 aromatic heterocycles. The number of nitrogens with zero attached hydrogens (tertiary/aromatic N) is 4. The summed E-state index contributed by atoms with van der Waals surface area (Å²) in [5, 5.41) is 12.1. The molecule has 0 spiro atoms. The highest BCUT2D eigenvalue weighted by molar-refractivity contribution is 6.39. The van der Waals surface area contributed by atoms with E-state index in [0.29, 0.717) is 55.1 Å². The predicted octanol–water partition coefficient (Wildman–Crippen LogP) is 6.69. The molecule has 2 saturated heterocycles. The van der Waals surface area contributed by atoms with Crippen molar-refractivity contribution in [3.8, 4) is 45.4 Å². The smallest absolute Gasteiger partial charge is 0.389 e. The van der Waals surface area contributed by atoms with Gasteiger partial charge in [0.25, 0.3) is 0 Å². The molecule has 0 bridgehead atoms. The second-order valence-electron chi connectivity index (χ2n) is 13.9. The standard InChI is InChI=1S/C38H38Cl2F6N8O4/c1-57-35-29(15-47-13-21-9-19(33(55)51-21)11-37(41,42)43)49-17-27(53-35)25-7-3-5-23(31(25)39)24-6-4-8-26(32(24)40)28-18-50-30(36(54-28)58-2)16-48-14-22-10-20(34(56)52-22)12-38(44,45)46/h3-8,17-22,47-48H,9-16H2,1-2H3,(H,51,55)(H,52,56)/t19-,20-,21-,22-/m0/s1. The molecule has 0 unspecified atom stereocenters. The average Bonchev–Trinajstić information content (AvgIpc) is 3.69. The number of hydrogen-bond donors (Lipinski definition) is 4. The fraction of sp³-hybridized carbons (Fsp3) is 0.421. The molecule has 12 nitrogen and oxygen atoms in total. The monoisotopic (exact) mass is 854 g/mol. The number of alkyl halides is 6. The van der Waals surface area contributed by atoms with E-state index in [1.165, 1.54) is 26.6 Å². The van der Waals surface area contributed by atoms with Gasteiger partial charge in [0.05, 0.1) is 60.9 Å². The number of ether oxygens (including phenoxy) is 2. The number of carbonyl (C=O) groups is 2. The molecule has 6 rings (SSSR count). The van der Waals surface area contributed by atoms with Crippen LogP contribution in [0.25, 0.3) is 33.6 Å². The van der Waals surface area contributed by atoms with Gasteiger partial charge in [-0.1, -0.05) is 59.6 Å². The third-order valence-electron chi connectivity index (χ3n) is 9.74. The molecule has 4 atom stereocenters. The minimum Gasteiger partial charge on any atom is -0.480 e. The van der Waals surface area contributed by atoms with Crippen molar-refractivity contribution in [3.63, 3.8) is 0 Å².